The van der Waals surface area contributed by atoms with Crippen molar-refractivity contribution < 1.29 is 4.79 Å². The lowest BCUT2D eigenvalue weighted by Crippen LogP contribution is -2.18. The van der Waals surface area contributed by atoms with Gasteiger partial charge in [0.15, 0.2) is 0 Å². The summed E-state index contributed by atoms with van der Waals surface area (Å²) in [7, 11) is 1.83. The smallest absolute Gasteiger partial charge is 0.226 e. The van der Waals surface area contributed by atoms with E-state index in [0.29, 0.717) is 13.0 Å². The lowest BCUT2D eigenvalue weighted by molar-refractivity contribution is -0.116. The van der Waals surface area contributed by atoms with Crippen molar-refractivity contribution in [2.45, 2.75) is 13.3 Å². The molecule has 0 aliphatic carbocycles. The maximum absolute atomic E-state index is 11.8. The van der Waals surface area contributed by atoms with E-state index in [1.54, 1.807) is 0 Å². The number of halogens is 1. The first-order chi connectivity index (χ1) is 9.20. The van der Waals surface area contributed by atoms with Gasteiger partial charge in [-0.15, -0.1) is 23.7 Å². The molecule has 0 atom stereocenters. The predicted molar refractivity (Wildman–Crippen MR) is 86.7 cm³/mol. The van der Waals surface area contributed by atoms with Gasteiger partial charge in [-0.05, 0) is 14.0 Å². The van der Waals surface area contributed by atoms with Crippen LogP contribution >= 0.6 is 23.7 Å². The number of aryl methyl sites for hydroxylation is 1. The van der Waals surface area contributed by atoms with Crippen LogP contribution in [-0.2, 0) is 4.79 Å². The molecule has 0 aliphatic heterocycles. The summed E-state index contributed by atoms with van der Waals surface area (Å²) in [4.78, 5) is 16.3. The molecule has 2 rings (SSSR count). The molecule has 0 unspecified atom stereocenters. The van der Waals surface area contributed by atoms with Crippen molar-refractivity contribution in [1.82, 2.24) is 10.3 Å². The SMILES string of the molecule is CNCCC(=O)Nc1sc(C)nc1-c1ccccc1.Cl. The Hall–Kier alpha value is -1.43. The highest BCUT2D eigenvalue weighted by Crippen LogP contribution is 2.32. The van der Waals surface area contributed by atoms with E-state index in [2.05, 4.69) is 15.6 Å². The molecular weight excluding hydrogens is 294 g/mol. The highest BCUT2D eigenvalue weighted by molar-refractivity contribution is 7.16. The third kappa shape index (κ3) is 4.30. The number of nitrogens with one attached hydrogen (secondary N) is 2. The third-order valence-corrected chi connectivity index (χ3v) is 3.52. The Morgan fingerprint density at radius 1 is 1.30 bits per heavy atom. The van der Waals surface area contributed by atoms with Crippen LogP contribution in [0.15, 0.2) is 30.3 Å². The topological polar surface area (TPSA) is 54.0 Å². The van der Waals surface area contributed by atoms with Crippen LogP contribution in [0.4, 0.5) is 5.00 Å². The zero-order valence-electron chi connectivity index (χ0n) is 11.5. The molecule has 1 heterocycles. The third-order valence-electron chi connectivity index (χ3n) is 2.64. The Morgan fingerprint density at radius 2 is 2.00 bits per heavy atom. The number of rotatable bonds is 5. The second kappa shape index (κ2) is 7.99. The van der Waals surface area contributed by atoms with Gasteiger partial charge in [0.25, 0.3) is 0 Å². The molecule has 0 radical (unpaired) electrons. The van der Waals surface area contributed by atoms with E-state index in [1.807, 2.05) is 44.3 Å². The monoisotopic (exact) mass is 311 g/mol. The number of benzene rings is 1. The molecule has 0 saturated carbocycles. The molecule has 0 aliphatic rings. The van der Waals surface area contributed by atoms with Gasteiger partial charge in [-0.3, -0.25) is 4.79 Å². The first-order valence-corrected chi connectivity index (χ1v) is 6.99. The number of nitrogens with zero attached hydrogens (tertiary/aromatic N) is 1. The fourth-order valence-electron chi connectivity index (χ4n) is 1.73. The first-order valence-electron chi connectivity index (χ1n) is 6.18. The largest absolute Gasteiger partial charge is 0.319 e. The summed E-state index contributed by atoms with van der Waals surface area (Å²) in [6, 6.07) is 9.90. The molecule has 1 aromatic carbocycles. The summed E-state index contributed by atoms with van der Waals surface area (Å²) in [6.07, 6.45) is 0.460. The first kappa shape index (κ1) is 16.6. The van der Waals surface area contributed by atoms with Gasteiger partial charge < -0.3 is 10.6 Å². The van der Waals surface area contributed by atoms with Crippen molar-refractivity contribution in [2.24, 2.45) is 0 Å². The Kier molecular flexibility index (Phi) is 6.64. The summed E-state index contributed by atoms with van der Waals surface area (Å²) in [5.74, 6) is 0.00943. The minimum Gasteiger partial charge on any atom is -0.319 e. The summed E-state index contributed by atoms with van der Waals surface area (Å²) in [5, 5.41) is 7.68. The molecule has 108 valence electrons. The summed E-state index contributed by atoms with van der Waals surface area (Å²) in [5.41, 5.74) is 1.87. The standard InChI is InChI=1S/C14H17N3OS.ClH/c1-10-16-13(11-6-4-3-5-7-11)14(19-10)17-12(18)8-9-15-2;/h3-7,15H,8-9H2,1-2H3,(H,17,18);1H. The molecule has 2 aromatic rings. The zero-order chi connectivity index (χ0) is 13.7. The van der Waals surface area contributed by atoms with Gasteiger partial charge >= 0.3 is 0 Å². The van der Waals surface area contributed by atoms with Gasteiger partial charge in [0, 0.05) is 18.5 Å². The van der Waals surface area contributed by atoms with Gasteiger partial charge in [0.05, 0.1) is 5.01 Å². The Balaban J connectivity index is 0.00000200. The molecular formula is C14H18ClN3OS. The van der Waals surface area contributed by atoms with Crippen molar-refractivity contribution in [3.05, 3.63) is 35.3 Å². The van der Waals surface area contributed by atoms with Gasteiger partial charge in [-0.2, -0.15) is 0 Å². The Labute approximate surface area is 129 Å². The van der Waals surface area contributed by atoms with E-state index in [1.165, 1.54) is 11.3 Å². The zero-order valence-corrected chi connectivity index (χ0v) is 13.1. The van der Waals surface area contributed by atoms with E-state index in [4.69, 9.17) is 0 Å². The number of carbonyl (C=O) groups is 1. The fourth-order valence-corrected chi connectivity index (χ4v) is 2.59. The molecule has 0 bridgehead atoms. The average molecular weight is 312 g/mol. The fraction of sp³-hybridized carbons (Fsp3) is 0.286. The van der Waals surface area contributed by atoms with E-state index < -0.39 is 0 Å². The van der Waals surface area contributed by atoms with Crippen LogP contribution in [0.5, 0.6) is 0 Å². The highest BCUT2D eigenvalue weighted by Gasteiger charge is 2.13. The number of carbonyl (C=O) groups excluding carboxylic acids is 1. The predicted octanol–water partition coefficient (Wildman–Crippen LogP) is 3.09. The Morgan fingerprint density at radius 3 is 2.65 bits per heavy atom. The van der Waals surface area contributed by atoms with Gasteiger partial charge in [-0.25, -0.2) is 4.98 Å². The minimum absolute atomic E-state index is 0. The lowest BCUT2D eigenvalue weighted by Gasteiger charge is -2.05. The molecule has 0 fully saturated rings. The summed E-state index contributed by atoms with van der Waals surface area (Å²) < 4.78 is 0. The normalized spacial score (nSPS) is 9.90. The highest BCUT2D eigenvalue weighted by atomic mass is 35.5. The lowest BCUT2D eigenvalue weighted by atomic mass is 10.1. The van der Waals surface area contributed by atoms with Crippen LogP contribution in [0, 0.1) is 6.92 Å². The maximum Gasteiger partial charge on any atom is 0.226 e. The van der Waals surface area contributed by atoms with Crippen molar-refractivity contribution in [3.8, 4) is 11.3 Å². The van der Waals surface area contributed by atoms with Crippen molar-refractivity contribution in [1.29, 1.82) is 0 Å². The van der Waals surface area contributed by atoms with Crippen molar-refractivity contribution >= 4 is 34.7 Å². The number of amides is 1. The second-order valence-corrected chi connectivity index (χ2v) is 5.38. The molecule has 6 heteroatoms. The van der Waals surface area contributed by atoms with Crippen LogP contribution < -0.4 is 10.6 Å². The van der Waals surface area contributed by atoms with E-state index in [0.717, 1.165) is 21.3 Å². The van der Waals surface area contributed by atoms with E-state index in [-0.39, 0.29) is 18.3 Å². The number of hydrogen-bond acceptors (Lipinski definition) is 4. The van der Waals surface area contributed by atoms with Crippen molar-refractivity contribution in [2.75, 3.05) is 18.9 Å². The Bertz CT molecular complexity index is 557. The van der Waals surface area contributed by atoms with Gasteiger partial charge in [0.2, 0.25) is 5.91 Å². The van der Waals surface area contributed by atoms with Crippen LogP contribution in [0.1, 0.15) is 11.4 Å². The van der Waals surface area contributed by atoms with E-state index in [9.17, 15) is 4.79 Å². The van der Waals surface area contributed by atoms with Crippen LogP contribution in [0.3, 0.4) is 0 Å². The molecule has 1 aromatic heterocycles. The van der Waals surface area contributed by atoms with Crippen LogP contribution in [-0.4, -0.2) is 24.5 Å². The van der Waals surface area contributed by atoms with Gasteiger partial charge in [-0.1, -0.05) is 30.3 Å². The molecule has 20 heavy (non-hydrogen) atoms. The molecule has 0 spiro atoms. The van der Waals surface area contributed by atoms with Crippen LogP contribution in [0.25, 0.3) is 11.3 Å². The molecule has 1 amide bonds. The van der Waals surface area contributed by atoms with Gasteiger partial charge in [0.1, 0.15) is 10.7 Å². The average Bonchev–Trinajstić information content (AvgIpc) is 2.78. The quantitative estimate of drug-likeness (QED) is 0.892. The molecule has 0 saturated heterocycles. The molecule has 4 nitrogen and oxygen atoms in total. The molecule has 2 N–H and O–H groups in total. The van der Waals surface area contributed by atoms with Crippen molar-refractivity contribution in [3.63, 3.8) is 0 Å². The number of thiazole rings is 1. The van der Waals surface area contributed by atoms with Crippen LogP contribution in [0.2, 0.25) is 0 Å². The van der Waals surface area contributed by atoms with E-state index >= 15 is 0 Å². The summed E-state index contributed by atoms with van der Waals surface area (Å²) in [6.45, 7) is 2.62. The second-order valence-electron chi connectivity index (χ2n) is 4.18. The minimum atomic E-state index is 0. The number of aromatic nitrogens is 1. The number of hydrogen-bond donors (Lipinski definition) is 2. The number of anilines is 1. The summed E-state index contributed by atoms with van der Waals surface area (Å²) >= 11 is 1.51. The maximum atomic E-state index is 11.8.